The van der Waals surface area contributed by atoms with Crippen LogP contribution in [-0.4, -0.2) is 0 Å². The predicted molar refractivity (Wildman–Crippen MR) is 42.9 cm³/mol. The molecular weight excluding hydrogens is 196 g/mol. The Morgan fingerprint density at radius 2 is 0.929 bits per heavy atom. The molecule has 0 bridgehead atoms. The predicted octanol–water partition coefficient (Wildman–Crippen LogP) is 3.12. The summed E-state index contributed by atoms with van der Waals surface area (Å²) in [6.07, 6.45) is 1.95. The molecular formula is C10H8F4. The van der Waals surface area contributed by atoms with Crippen LogP contribution >= 0.6 is 0 Å². The highest BCUT2D eigenvalue weighted by Crippen LogP contribution is 2.29. The summed E-state index contributed by atoms with van der Waals surface area (Å²) in [6.45, 7) is 0. The molecule has 1 aliphatic rings. The van der Waals surface area contributed by atoms with E-state index in [9.17, 15) is 17.6 Å². The van der Waals surface area contributed by atoms with Crippen LogP contribution in [0.4, 0.5) is 17.6 Å². The van der Waals surface area contributed by atoms with E-state index in [0.29, 0.717) is 12.8 Å². The van der Waals surface area contributed by atoms with Crippen molar-refractivity contribution >= 4 is 0 Å². The van der Waals surface area contributed by atoms with Crippen LogP contribution in [0.1, 0.15) is 24.0 Å². The molecule has 0 saturated heterocycles. The van der Waals surface area contributed by atoms with Crippen molar-refractivity contribution in [2.45, 2.75) is 25.7 Å². The maximum Gasteiger partial charge on any atom is 0.197 e. The van der Waals surface area contributed by atoms with Crippen LogP contribution in [0, 0.1) is 23.3 Å². The number of fused-ring (bicyclic) bond motifs is 1. The van der Waals surface area contributed by atoms with Crippen molar-refractivity contribution < 1.29 is 17.6 Å². The topological polar surface area (TPSA) is 0 Å². The number of halogens is 4. The normalized spacial score (nSPS) is 15.4. The Kier molecular flexibility index (Phi) is 2.21. The molecule has 1 aromatic carbocycles. The maximum atomic E-state index is 13.1. The molecule has 0 nitrogen and oxygen atoms in total. The first kappa shape index (κ1) is 9.49. The zero-order chi connectivity index (χ0) is 10.3. The van der Waals surface area contributed by atoms with Gasteiger partial charge in [0.05, 0.1) is 0 Å². The first-order valence-corrected chi connectivity index (χ1v) is 4.46. The molecule has 14 heavy (non-hydrogen) atoms. The highest BCUT2D eigenvalue weighted by atomic mass is 19.2. The van der Waals surface area contributed by atoms with Gasteiger partial charge in [-0.15, -0.1) is 0 Å². The molecule has 0 unspecified atom stereocenters. The number of benzene rings is 1. The minimum Gasteiger partial charge on any atom is -0.203 e. The van der Waals surface area contributed by atoms with Gasteiger partial charge in [-0.2, -0.15) is 0 Å². The van der Waals surface area contributed by atoms with Crippen molar-refractivity contribution in [3.63, 3.8) is 0 Å². The molecule has 76 valence electrons. The Balaban J connectivity index is 2.71. The molecule has 0 fully saturated rings. The third kappa shape index (κ3) is 1.21. The average molecular weight is 204 g/mol. The molecule has 0 aliphatic heterocycles. The lowest BCUT2D eigenvalue weighted by Crippen LogP contribution is -2.12. The third-order valence-corrected chi connectivity index (χ3v) is 2.58. The Labute approximate surface area is 78.5 Å². The Morgan fingerprint density at radius 3 is 1.29 bits per heavy atom. The van der Waals surface area contributed by atoms with Crippen LogP contribution < -0.4 is 0 Å². The van der Waals surface area contributed by atoms with E-state index in [-0.39, 0.29) is 24.0 Å². The van der Waals surface area contributed by atoms with Gasteiger partial charge in [0.25, 0.3) is 0 Å². The van der Waals surface area contributed by atoms with Gasteiger partial charge in [0, 0.05) is 0 Å². The van der Waals surface area contributed by atoms with Gasteiger partial charge < -0.3 is 0 Å². The SMILES string of the molecule is Fc1c(F)c(F)c2c(c1F)CCCC2. The quantitative estimate of drug-likeness (QED) is 0.346. The first-order chi connectivity index (χ1) is 6.63. The van der Waals surface area contributed by atoms with E-state index in [1.165, 1.54) is 0 Å². The van der Waals surface area contributed by atoms with Gasteiger partial charge in [0.15, 0.2) is 23.3 Å². The lowest BCUT2D eigenvalue weighted by atomic mass is 9.90. The summed E-state index contributed by atoms with van der Waals surface area (Å²) in [4.78, 5) is 0. The first-order valence-electron chi connectivity index (χ1n) is 4.46. The van der Waals surface area contributed by atoms with Crippen LogP contribution in [0.3, 0.4) is 0 Å². The second-order valence-electron chi connectivity index (χ2n) is 3.42. The van der Waals surface area contributed by atoms with Gasteiger partial charge in [-0.25, -0.2) is 17.6 Å². The average Bonchev–Trinajstić information content (AvgIpc) is 2.23. The zero-order valence-corrected chi connectivity index (χ0v) is 7.34. The largest absolute Gasteiger partial charge is 0.203 e. The van der Waals surface area contributed by atoms with Gasteiger partial charge in [-0.05, 0) is 36.8 Å². The summed E-state index contributed by atoms with van der Waals surface area (Å²) in [5, 5.41) is 0. The minimum absolute atomic E-state index is 0.00708. The Morgan fingerprint density at radius 1 is 0.571 bits per heavy atom. The summed E-state index contributed by atoms with van der Waals surface area (Å²) in [5.74, 6) is -5.83. The molecule has 2 rings (SSSR count). The van der Waals surface area contributed by atoms with E-state index in [2.05, 4.69) is 0 Å². The van der Waals surface area contributed by atoms with Crippen molar-refractivity contribution in [3.8, 4) is 0 Å². The summed E-state index contributed by atoms with van der Waals surface area (Å²) in [7, 11) is 0. The lowest BCUT2D eigenvalue weighted by molar-refractivity contribution is 0.391. The van der Waals surface area contributed by atoms with E-state index in [1.54, 1.807) is 0 Å². The molecule has 4 heteroatoms. The molecule has 1 aliphatic carbocycles. The van der Waals surface area contributed by atoms with Gasteiger partial charge in [-0.1, -0.05) is 0 Å². The van der Waals surface area contributed by atoms with Gasteiger partial charge in [-0.3, -0.25) is 0 Å². The van der Waals surface area contributed by atoms with Gasteiger partial charge >= 0.3 is 0 Å². The second kappa shape index (κ2) is 3.26. The van der Waals surface area contributed by atoms with Crippen LogP contribution in [-0.2, 0) is 12.8 Å². The summed E-state index contributed by atoms with van der Waals surface area (Å²) < 4.78 is 51.9. The van der Waals surface area contributed by atoms with E-state index < -0.39 is 23.3 Å². The molecule has 0 N–H and O–H groups in total. The second-order valence-corrected chi connectivity index (χ2v) is 3.42. The van der Waals surface area contributed by atoms with Crippen LogP contribution in [0.5, 0.6) is 0 Å². The summed E-state index contributed by atoms with van der Waals surface area (Å²) >= 11 is 0. The fraction of sp³-hybridized carbons (Fsp3) is 0.400. The molecule has 0 saturated carbocycles. The van der Waals surface area contributed by atoms with Crippen molar-refractivity contribution in [1.82, 2.24) is 0 Å². The maximum absolute atomic E-state index is 13.1. The fourth-order valence-corrected chi connectivity index (χ4v) is 1.85. The third-order valence-electron chi connectivity index (χ3n) is 2.58. The van der Waals surface area contributed by atoms with E-state index in [0.717, 1.165) is 0 Å². The molecule has 0 amide bonds. The van der Waals surface area contributed by atoms with Gasteiger partial charge in [0.2, 0.25) is 0 Å². The smallest absolute Gasteiger partial charge is 0.197 e. The number of hydrogen-bond acceptors (Lipinski definition) is 0. The highest BCUT2D eigenvalue weighted by Gasteiger charge is 2.26. The van der Waals surface area contributed by atoms with E-state index in [4.69, 9.17) is 0 Å². The fourth-order valence-electron chi connectivity index (χ4n) is 1.85. The van der Waals surface area contributed by atoms with E-state index in [1.807, 2.05) is 0 Å². The standard InChI is InChI=1S/C10H8F4/c11-7-5-3-1-2-4-6(5)8(12)10(14)9(7)13/h1-4H2. The molecule has 0 radical (unpaired) electrons. The highest BCUT2D eigenvalue weighted by molar-refractivity contribution is 5.33. The summed E-state index contributed by atoms with van der Waals surface area (Å²) in [5.41, 5.74) is 0.0142. The van der Waals surface area contributed by atoms with E-state index >= 15 is 0 Å². The Bertz CT molecular complexity index is 347. The van der Waals surface area contributed by atoms with Crippen molar-refractivity contribution in [2.24, 2.45) is 0 Å². The number of rotatable bonds is 0. The number of hydrogen-bond donors (Lipinski definition) is 0. The minimum atomic E-state index is -1.69. The molecule has 0 atom stereocenters. The monoisotopic (exact) mass is 204 g/mol. The zero-order valence-electron chi connectivity index (χ0n) is 7.34. The van der Waals surface area contributed by atoms with Gasteiger partial charge in [0.1, 0.15) is 0 Å². The van der Waals surface area contributed by atoms with Crippen molar-refractivity contribution in [1.29, 1.82) is 0 Å². The Hall–Kier alpha value is -1.06. The lowest BCUT2D eigenvalue weighted by Gasteiger charge is -2.17. The van der Waals surface area contributed by atoms with Crippen LogP contribution in [0.2, 0.25) is 0 Å². The molecule has 0 heterocycles. The molecule has 1 aromatic rings. The van der Waals surface area contributed by atoms with Crippen molar-refractivity contribution in [3.05, 3.63) is 34.4 Å². The van der Waals surface area contributed by atoms with Crippen LogP contribution in [0.15, 0.2) is 0 Å². The molecule has 0 aromatic heterocycles. The van der Waals surface area contributed by atoms with Crippen LogP contribution in [0.25, 0.3) is 0 Å². The summed E-state index contributed by atoms with van der Waals surface area (Å²) in [6, 6.07) is 0. The molecule has 0 spiro atoms. The van der Waals surface area contributed by atoms with Crippen molar-refractivity contribution in [2.75, 3.05) is 0 Å².